The number of hydrogen-bond donors (Lipinski definition) is 0. The molecule has 3 heterocycles. The van der Waals surface area contributed by atoms with E-state index in [9.17, 15) is 8.42 Å². The van der Waals surface area contributed by atoms with E-state index >= 15 is 0 Å². The molecule has 0 amide bonds. The van der Waals surface area contributed by atoms with Crippen LogP contribution in [-0.4, -0.2) is 47.0 Å². The van der Waals surface area contributed by atoms with Crippen LogP contribution in [0.5, 0.6) is 0 Å². The molecule has 6 nitrogen and oxygen atoms in total. The Morgan fingerprint density at radius 3 is 2.72 bits per heavy atom. The summed E-state index contributed by atoms with van der Waals surface area (Å²) < 4.78 is 25.0. The molecule has 1 fully saturated rings. The molecule has 0 saturated carbocycles. The van der Waals surface area contributed by atoms with Gasteiger partial charge in [-0.1, -0.05) is 13.8 Å². The second-order valence-corrected chi connectivity index (χ2v) is 10.1. The molecule has 0 radical (unpaired) electrons. The van der Waals surface area contributed by atoms with Gasteiger partial charge in [0.1, 0.15) is 5.69 Å². The van der Waals surface area contributed by atoms with Gasteiger partial charge in [-0.25, -0.2) is 17.7 Å². The van der Waals surface area contributed by atoms with Crippen molar-refractivity contribution in [2.45, 2.75) is 33.1 Å². The summed E-state index contributed by atoms with van der Waals surface area (Å²) in [6.45, 7) is 5.53. The Balaban J connectivity index is 1.77. The molecule has 3 rings (SSSR count). The minimum absolute atomic E-state index is 0.285. The molecular formula is C17H24N4O2S2. The van der Waals surface area contributed by atoms with Gasteiger partial charge in [0, 0.05) is 38.1 Å². The third-order valence-electron chi connectivity index (χ3n) is 4.34. The standard InChI is InChI=1S/C17H24N4O2S2/c1-12(2)8-16-20-10-15(24-16)17-14(18-5-6-19-17)9-13-4-7-21(11-13)25(3,22)23/h5-6,10,12-13H,4,7-9,11H2,1-3H3/t13-/m0/s1. The SMILES string of the molecule is CC(C)Cc1ncc(-c2nccnc2C[C@@H]2CCN(S(C)(=O)=O)C2)s1. The molecule has 1 atom stereocenters. The van der Waals surface area contributed by atoms with Gasteiger partial charge in [0.2, 0.25) is 10.0 Å². The predicted octanol–water partition coefficient (Wildman–Crippen LogP) is 2.62. The van der Waals surface area contributed by atoms with Gasteiger partial charge in [0.25, 0.3) is 0 Å². The highest BCUT2D eigenvalue weighted by Gasteiger charge is 2.29. The van der Waals surface area contributed by atoms with Crippen molar-refractivity contribution in [2.24, 2.45) is 11.8 Å². The molecule has 8 heteroatoms. The van der Waals surface area contributed by atoms with Crippen molar-refractivity contribution in [3.05, 3.63) is 29.3 Å². The normalized spacial score (nSPS) is 19.0. The van der Waals surface area contributed by atoms with E-state index < -0.39 is 10.0 Å². The largest absolute Gasteiger partial charge is 0.257 e. The van der Waals surface area contributed by atoms with Gasteiger partial charge >= 0.3 is 0 Å². The highest BCUT2D eigenvalue weighted by atomic mass is 32.2. The topological polar surface area (TPSA) is 76.1 Å². The van der Waals surface area contributed by atoms with E-state index in [0.717, 1.165) is 40.5 Å². The molecule has 0 spiro atoms. The number of rotatable bonds is 6. The monoisotopic (exact) mass is 380 g/mol. The van der Waals surface area contributed by atoms with Gasteiger partial charge in [0.15, 0.2) is 0 Å². The summed E-state index contributed by atoms with van der Waals surface area (Å²) in [4.78, 5) is 14.6. The van der Waals surface area contributed by atoms with Crippen LogP contribution in [0.2, 0.25) is 0 Å². The molecule has 0 aromatic carbocycles. The summed E-state index contributed by atoms with van der Waals surface area (Å²) in [6, 6.07) is 0. The summed E-state index contributed by atoms with van der Waals surface area (Å²) in [5, 5.41) is 1.12. The fourth-order valence-corrected chi connectivity index (χ4v) is 5.19. The third-order valence-corrected chi connectivity index (χ3v) is 6.64. The average molecular weight is 381 g/mol. The zero-order valence-electron chi connectivity index (χ0n) is 14.8. The molecule has 0 aliphatic carbocycles. The first-order valence-corrected chi connectivity index (χ1v) is 11.2. The van der Waals surface area contributed by atoms with Gasteiger partial charge in [-0.15, -0.1) is 11.3 Å². The van der Waals surface area contributed by atoms with Crippen molar-refractivity contribution < 1.29 is 8.42 Å². The molecule has 1 saturated heterocycles. The van der Waals surface area contributed by atoms with E-state index in [1.165, 1.54) is 6.26 Å². The molecule has 136 valence electrons. The zero-order chi connectivity index (χ0) is 18.0. The van der Waals surface area contributed by atoms with Crippen LogP contribution in [0.25, 0.3) is 10.6 Å². The summed E-state index contributed by atoms with van der Waals surface area (Å²) in [5.41, 5.74) is 1.82. The van der Waals surface area contributed by atoms with Crippen LogP contribution in [0.3, 0.4) is 0 Å². The summed E-state index contributed by atoms with van der Waals surface area (Å²) in [6.07, 6.45) is 9.14. The molecule has 0 bridgehead atoms. The van der Waals surface area contributed by atoms with Crippen LogP contribution in [0, 0.1) is 11.8 Å². The number of aromatic nitrogens is 3. The van der Waals surface area contributed by atoms with E-state index in [-0.39, 0.29) is 5.92 Å². The quantitative estimate of drug-likeness (QED) is 0.770. The number of hydrogen-bond acceptors (Lipinski definition) is 6. The highest BCUT2D eigenvalue weighted by Crippen LogP contribution is 2.30. The third kappa shape index (κ3) is 4.62. The van der Waals surface area contributed by atoms with Gasteiger partial charge in [-0.3, -0.25) is 9.97 Å². The Kier molecular flexibility index (Phi) is 5.50. The van der Waals surface area contributed by atoms with Gasteiger partial charge < -0.3 is 0 Å². The first-order valence-electron chi connectivity index (χ1n) is 8.53. The van der Waals surface area contributed by atoms with Gasteiger partial charge in [-0.05, 0) is 24.7 Å². The van der Waals surface area contributed by atoms with Crippen molar-refractivity contribution in [1.82, 2.24) is 19.3 Å². The number of sulfonamides is 1. The van der Waals surface area contributed by atoms with Crippen molar-refractivity contribution in [2.75, 3.05) is 19.3 Å². The van der Waals surface area contributed by atoms with Crippen LogP contribution < -0.4 is 0 Å². The van der Waals surface area contributed by atoms with Crippen LogP contribution in [-0.2, 0) is 22.9 Å². The number of thiazole rings is 1. The van der Waals surface area contributed by atoms with E-state index in [2.05, 4.69) is 28.8 Å². The number of nitrogens with zero attached hydrogens (tertiary/aromatic N) is 4. The van der Waals surface area contributed by atoms with Crippen LogP contribution in [0.4, 0.5) is 0 Å². The maximum Gasteiger partial charge on any atom is 0.211 e. The van der Waals surface area contributed by atoms with E-state index in [4.69, 9.17) is 0 Å². The smallest absolute Gasteiger partial charge is 0.211 e. The van der Waals surface area contributed by atoms with E-state index in [1.54, 1.807) is 28.0 Å². The van der Waals surface area contributed by atoms with Crippen molar-refractivity contribution in [1.29, 1.82) is 0 Å². The van der Waals surface area contributed by atoms with Crippen LogP contribution in [0.15, 0.2) is 18.6 Å². The van der Waals surface area contributed by atoms with Crippen LogP contribution in [0.1, 0.15) is 31.0 Å². The lowest BCUT2D eigenvalue weighted by atomic mass is 10.0. The summed E-state index contributed by atoms with van der Waals surface area (Å²) >= 11 is 1.67. The Bertz CT molecular complexity index is 833. The predicted molar refractivity (Wildman–Crippen MR) is 99.9 cm³/mol. The van der Waals surface area contributed by atoms with E-state index in [0.29, 0.717) is 19.0 Å². The fourth-order valence-electron chi connectivity index (χ4n) is 3.12. The Hall–Kier alpha value is -1.38. The molecule has 2 aromatic rings. The molecule has 0 N–H and O–H groups in total. The Morgan fingerprint density at radius 2 is 2.04 bits per heavy atom. The van der Waals surface area contributed by atoms with Crippen LogP contribution >= 0.6 is 11.3 Å². The minimum atomic E-state index is -3.11. The lowest BCUT2D eigenvalue weighted by molar-refractivity contribution is 0.459. The van der Waals surface area contributed by atoms with Gasteiger partial charge in [-0.2, -0.15) is 0 Å². The molecule has 2 aromatic heterocycles. The Morgan fingerprint density at radius 1 is 1.28 bits per heavy atom. The molecule has 1 aliphatic heterocycles. The molecule has 0 unspecified atom stereocenters. The fraction of sp³-hybridized carbons (Fsp3) is 0.588. The lowest BCUT2D eigenvalue weighted by Gasteiger charge is -2.13. The van der Waals surface area contributed by atoms with Crippen molar-refractivity contribution >= 4 is 21.4 Å². The average Bonchev–Trinajstić information content (AvgIpc) is 3.16. The van der Waals surface area contributed by atoms with Crippen molar-refractivity contribution in [3.63, 3.8) is 0 Å². The zero-order valence-corrected chi connectivity index (χ0v) is 16.5. The lowest BCUT2D eigenvalue weighted by Crippen LogP contribution is -2.27. The molecule has 1 aliphatic rings. The minimum Gasteiger partial charge on any atom is -0.257 e. The molecular weight excluding hydrogens is 356 g/mol. The Labute approximate surface area is 153 Å². The first-order chi connectivity index (χ1) is 11.8. The van der Waals surface area contributed by atoms with Gasteiger partial charge in [0.05, 0.1) is 21.8 Å². The van der Waals surface area contributed by atoms with E-state index in [1.807, 2.05) is 6.20 Å². The maximum atomic E-state index is 11.7. The second-order valence-electron chi connectivity index (χ2n) is 7.05. The summed E-state index contributed by atoms with van der Waals surface area (Å²) in [5.74, 6) is 0.856. The maximum absolute atomic E-state index is 11.7. The highest BCUT2D eigenvalue weighted by molar-refractivity contribution is 7.88. The first kappa shape index (κ1) is 18.4. The van der Waals surface area contributed by atoms with Crippen molar-refractivity contribution in [3.8, 4) is 10.6 Å². The molecule has 25 heavy (non-hydrogen) atoms. The summed E-state index contributed by atoms with van der Waals surface area (Å²) in [7, 11) is -3.11. The second kappa shape index (κ2) is 7.47.